The quantitative estimate of drug-likeness (QED) is 0.521. The van der Waals surface area contributed by atoms with E-state index in [0.29, 0.717) is 12.2 Å². The molecule has 0 aliphatic rings. The van der Waals surface area contributed by atoms with Crippen molar-refractivity contribution < 1.29 is 18.7 Å². The van der Waals surface area contributed by atoms with Crippen molar-refractivity contribution in [2.75, 3.05) is 6.61 Å². The summed E-state index contributed by atoms with van der Waals surface area (Å²) < 4.78 is 19.3. The maximum Gasteiger partial charge on any atom is 0.261 e. The molecule has 0 aromatic heterocycles. The van der Waals surface area contributed by atoms with Gasteiger partial charge in [-0.25, -0.2) is 4.39 Å². The van der Waals surface area contributed by atoms with Gasteiger partial charge in [0.15, 0.2) is 6.61 Å². The first-order valence-electron chi connectivity index (χ1n) is 11.1. The molecular weight excluding hydrogens is 419 g/mol. The van der Waals surface area contributed by atoms with Gasteiger partial charge in [-0.15, -0.1) is 0 Å². The monoisotopic (exact) mass is 450 g/mol. The van der Waals surface area contributed by atoms with Crippen LogP contribution in [0, 0.1) is 5.82 Å². The van der Waals surface area contributed by atoms with Crippen molar-refractivity contribution in [3.05, 3.63) is 78.1 Å². The zero-order valence-corrected chi connectivity index (χ0v) is 19.6. The summed E-state index contributed by atoms with van der Waals surface area (Å²) in [6.07, 6.45) is 0.434. The lowest BCUT2D eigenvalue weighted by molar-refractivity contribution is -0.143. The Kier molecular flexibility index (Phi) is 7.69. The number of rotatable bonds is 8. The predicted molar refractivity (Wildman–Crippen MR) is 128 cm³/mol. The molecule has 0 fully saturated rings. The fourth-order valence-electron chi connectivity index (χ4n) is 3.70. The Morgan fingerprint density at radius 3 is 2.33 bits per heavy atom. The van der Waals surface area contributed by atoms with Crippen molar-refractivity contribution in [3.63, 3.8) is 0 Å². The lowest BCUT2D eigenvalue weighted by Crippen LogP contribution is -2.54. The third-order valence-corrected chi connectivity index (χ3v) is 5.25. The summed E-state index contributed by atoms with van der Waals surface area (Å²) in [6, 6.07) is 18.7. The topological polar surface area (TPSA) is 58.6 Å². The zero-order chi connectivity index (χ0) is 24.0. The molecule has 1 N–H and O–H groups in total. The van der Waals surface area contributed by atoms with E-state index >= 15 is 0 Å². The van der Waals surface area contributed by atoms with Crippen LogP contribution in [-0.4, -0.2) is 34.9 Å². The van der Waals surface area contributed by atoms with Gasteiger partial charge in [0, 0.05) is 17.5 Å². The highest BCUT2D eigenvalue weighted by Crippen LogP contribution is 2.25. The third-order valence-electron chi connectivity index (χ3n) is 5.25. The molecular formula is C27H31FN2O3. The fourth-order valence-corrected chi connectivity index (χ4v) is 3.70. The zero-order valence-electron chi connectivity index (χ0n) is 19.6. The summed E-state index contributed by atoms with van der Waals surface area (Å²) in [5.41, 5.74) is 0.297. The molecule has 174 valence electrons. The first-order chi connectivity index (χ1) is 15.7. The van der Waals surface area contributed by atoms with Gasteiger partial charge in [0.1, 0.15) is 17.6 Å². The van der Waals surface area contributed by atoms with Crippen molar-refractivity contribution in [1.82, 2.24) is 10.2 Å². The first-order valence-corrected chi connectivity index (χ1v) is 11.1. The Morgan fingerprint density at radius 1 is 1.00 bits per heavy atom. The molecule has 33 heavy (non-hydrogen) atoms. The second kappa shape index (κ2) is 10.5. The highest BCUT2D eigenvalue weighted by Gasteiger charge is 2.31. The fraction of sp³-hybridized carbons (Fsp3) is 0.333. The minimum atomic E-state index is -0.683. The Morgan fingerprint density at radius 2 is 1.67 bits per heavy atom. The van der Waals surface area contributed by atoms with Crippen LogP contribution in [0.3, 0.4) is 0 Å². The van der Waals surface area contributed by atoms with Crippen LogP contribution in [0.15, 0.2) is 66.7 Å². The van der Waals surface area contributed by atoms with E-state index in [1.807, 2.05) is 70.2 Å². The first kappa shape index (κ1) is 24.2. The summed E-state index contributed by atoms with van der Waals surface area (Å²) in [5, 5.41) is 4.89. The Labute approximate surface area is 194 Å². The van der Waals surface area contributed by atoms with Gasteiger partial charge in [-0.3, -0.25) is 9.59 Å². The maximum absolute atomic E-state index is 13.4. The number of fused-ring (bicyclic) bond motifs is 1. The van der Waals surface area contributed by atoms with Crippen LogP contribution < -0.4 is 10.1 Å². The minimum absolute atomic E-state index is 0.175. The van der Waals surface area contributed by atoms with E-state index in [0.717, 1.165) is 16.3 Å². The van der Waals surface area contributed by atoms with Crippen LogP contribution in [0.1, 0.15) is 39.7 Å². The molecule has 0 aliphatic heterocycles. The number of amides is 2. The Balaban J connectivity index is 1.84. The van der Waals surface area contributed by atoms with Crippen molar-refractivity contribution in [2.45, 2.75) is 52.2 Å². The summed E-state index contributed by atoms with van der Waals surface area (Å²) in [6.45, 7) is 7.51. The molecule has 3 aromatic carbocycles. The number of hydrogen-bond acceptors (Lipinski definition) is 3. The number of carbonyl (C=O) groups excluding carboxylic acids is 2. The summed E-state index contributed by atoms with van der Waals surface area (Å²) in [4.78, 5) is 27.9. The highest BCUT2D eigenvalue weighted by molar-refractivity contribution is 5.90. The van der Waals surface area contributed by atoms with E-state index in [2.05, 4.69) is 5.32 Å². The third kappa shape index (κ3) is 6.54. The van der Waals surface area contributed by atoms with E-state index < -0.39 is 11.6 Å². The highest BCUT2D eigenvalue weighted by atomic mass is 19.1. The molecule has 3 rings (SSSR count). The standard InChI is InChI=1S/C27H31FN2O3/c1-5-23(26(32)29-27(2,3)4)30(17-19-13-15-21(28)16-14-19)25(31)18-33-24-12-8-10-20-9-6-7-11-22(20)24/h6-16,23H,5,17-18H2,1-4H3,(H,29,32)/t23-/m1/s1. The molecule has 0 aliphatic carbocycles. The average Bonchev–Trinajstić information content (AvgIpc) is 2.77. The second-order valence-electron chi connectivity index (χ2n) is 9.08. The smallest absolute Gasteiger partial charge is 0.261 e. The van der Waals surface area contributed by atoms with Gasteiger partial charge in [0.2, 0.25) is 5.91 Å². The number of ether oxygens (including phenoxy) is 1. The average molecular weight is 451 g/mol. The number of benzene rings is 3. The van der Waals surface area contributed by atoms with E-state index in [9.17, 15) is 14.0 Å². The normalized spacial score (nSPS) is 12.3. The number of carbonyl (C=O) groups is 2. The van der Waals surface area contributed by atoms with E-state index in [1.54, 1.807) is 12.1 Å². The Hall–Kier alpha value is -3.41. The molecule has 0 saturated heterocycles. The molecule has 0 heterocycles. The predicted octanol–water partition coefficient (Wildman–Crippen LogP) is 5.08. The Bertz CT molecular complexity index is 1100. The summed E-state index contributed by atoms with van der Waals surface area (Å²) >= 11 is 0. The van der Waals surface area contributed by atoms with Crippen LogP contribution in [-0.2, 0) is 16.1 Å². The maximum atomic E-state index is 13.4. The molecule has 0 radical (unpaired) electrons. The largest absolute Gasteiger partial charge is 0.483 e. The lowest BCUT2D eigenvalue weighted by Gasteiger charge is -2.33. The molecule has 2 amide bonds. The molecule has 0 unspecified atom stereocenters. The van der Waals surface area contributed by atoms with Gasteiger partial charge in [0.05, 0.1) is 0 Å². The van der Waals surface area contributed by atoms with Crippen LogP contribution in [0.25, 0.3) is 10.8 Å². The van der Waals surface area contributed by atoms with Crippen LogP contribution in [0.5, 0.6) is 5.75 Å². The second-order valence-corrected chi connectivity index (χ2v) is 9.08. The van der Waals surface area contributed by atoms with E-state index in [4.69, 9.17) is 4.74 Å². The molecule has 6 heteroatoms. The molecule has 1 atom stereocenters. The number of nitrogens with zero attached hydrogens (tertiary/aromatic N) is 1. The minimum Gasteiger partial charge on any atom is -0.483 e. The number of nitrogens with one attached hydrogen (secondary N) is 1. The van der Waals surface area contributed by atoms with Gasteiger partial charge in [-0.2, -0.15) is 0 Å². The summed E-state index contributed by atoms with van der Waals surface area (Å²) in [5.74, 6) is -0.294. The lowest BCUT2D eigenvalue weighted by atomic mass is 10.1. The van der Waals surface area contributed by atoms with E-state index in [1.165, 1.54) is 17.0 Å². The molecule has 0 bridgehead atoms. The van der Waals surface area contributed by atoms with Gasteiger partial charge in [-0.05, 0) is 56.3 Å². The van der Waals surface area contributed by atoms with Crippen LogP contribution >= 0.6 is 0 Å². The van der Waals surface area contributed by atoms with Crippen molar-refractivity contribution >= 4 is 22.6 Å². The number of halogens is 1. The van der Waals surface area contributed by atoms with E-state index in [-0.39, 0.29) is 30.8 Å². The van der Waals surface area contributed by atoms with Gasteiger partial charge in [-0.1, -0.05) is 55.5 Å². The van der Waals surface area contributed by atoms with Gasteiger partial charge >= 0.3 is 0 Å². The molecule has 5 nitrogen and oxygen atoms in total. The molecule has 0 spiro atoms. The van der Waals surface area contributed by atoms with Crippen LogP contribution in [0.2, 0.25) is 0 Å². The van der Waals surface area contributed by atoms with Gasteiger partial charge < -0.3 is 15.0 Å². The SMILES string of the molecule is CC[C@H](C(=O)NC(C)(C)C)N(Cc1ccc(F)cc1)C(=O)COc1cccc2ccccc12. The van der Waals surface area contributed by atoms with Crippen LogP contribution in [0.4, 0.5) is 4.39 Å². The van der Waals surface area contributed by atoms with Crippen molar-refractivity contribution in [3.8, 4) is 5.75 Å². The molecule has 0 saturated carbocycles. The van der Waals surface area contributed by atoms with Crippen molar-refractivity contribution in [1.29, 1.82) is 0 Å². The van der Waals surface area contributed by atoms with Gasteiger partial charge in [0.25, 0.3) is 5.91 Å². The molecule has 3 aromatic rings. The van der Waals surface area contributed by atoms with Crippen molar-refractivity contribution in [2.24, 2.45) is 0 Å². The number of hydrogen-bond donors (Lipinski definition) is 1. The summed E-state index contributed by atoms with van der Waals surface area (Å²) in [7, 11) is 0.